The van der Waals surface area contributed by atoms with Gasteiger partial charge in [0.2, 0.25) is 5.91 Å². The minimum absolute atomic E-state index is 0.335. The molecule has 3 N–H and O–H groups in total. The van der Waals surface area contributed by atoms with Gasteiger partial charge in [-0.05, 0) is 44.8 Å². The maximum absolute atomic E-state index is 12.7. The third kappa shape index (κ3) is 3.94. The minimum atomic E-state index is -1.18. The van der Waals surface area contributed by atoms with E-state index in [0.29, 0.717) is 29.9 Å². The fraction of sp³-hybridized carbons (Fsp3) is 0.300. The number of aromatic nitrogens is 1. The number of carbonyl (C=O) groups is 1. The van der Waals surface area contributed by atoms with Gasteiger partial charge in [-0.25, -0.2) is 4.79 Å². The van der Waals surface area contributed by atoms with Crippen molar-refractivity contribution in [3.63, 3.8) is 0 Å². The molecule has 0 aliphatic heterocycles. The Labute approximate surface area is 157 Å². The Balaban J connectivity index is 1.88. The topological polar surface area (TPSA) is 93.5 Å². The third-order valence-electron chi connectivity index (χ3n) is 4.54. The lowest BCUT2D eigenvalue weighted by Crippen LogP contribution is -2.45. The van der Waals surface area contributed by atoms with Crippen molar-refractivity contribution in [3.8, 4) is 0 Å². The van der Waals surface area contributed by atoms with E-state index in [2.05, 4.69) is 5.32 Å². The lowest BCUT2D eigenvalue weighted by molar-refractivity contribution is -0.120. The van der Waals surface area contributed by atoms with Crippen LogP contribution in [0.5, 0.6) is 0 Å². The first kappa shape index (κ1) is 18.9. The Hall–Kier alpha value is -2.90. The molecule has 0 aliphatic carbocycles. The van der Waals surface area contributed by atoms with Gasteiger partial charge in [-0.3, -0.25) is 9.36 Å². The fourth-order valence-electron chi connectivity index (χ4n) is 2.83. The highest BCUT2D eigenvalue weighted by Crippen LogP contribution is 2.22. The number of likely N-dealkylation sites (N-methyl/N-ethyl adjacent to an activating group) is 1. The largest absolute Gasteiger partial charge is 0.419 e. The number of nitrogens with zero attached hydrogens (tertiary/aromatic N) is 2. The zero-order chi connectivity index (χ0) is 19.6. The SMILES string of the molecule is CN(C)CCn1c(=O)oc2ccc(NC(=O)C(C)(N)c3ccccc3)cc21. The van der Waals surface area contributed by atoms with E-state index in [9.17, 15) is 9.59 Å². The molecule has 3 aromatic rings. The summed E-state index contributed by atoms with van der Waals surface area (Å²) >= 11 is 0. The molecule has 1 heterocycles. The molecule has 1 amide bonds. The molecule has 0 saturated carbocycles. The summed E-state index contributed by atoms with van der Waals surface area (Å²) in [4.78, 5) is 26.8. The van der Waals surface area contributed by atoms with Gasteiger partial charge in [-0.15, -0.1) is 0 Å². The van der Waals surface area contributed by atoms with Crippen molar-refractivity contribution in [3.05, 3.63) is 64.6 Å². The maximum Gasteiger partial charge on any atom is 0.419 e. The summed E-state index contributed by atoms with van der Waals surface area (Å²) in [6, 6.07) is 14.3. The molecule has 0 radical (unpaired) electrons. The number of nitrogens with two attached hydrogens (primary N) is 1. The molecular weight excluding hydrogens is 344 g/mol. The number of fused-ring (bicyclic) bond motifs is 1. The van der Waals surface area contributed by atoms with Crippen LogP contribution in [0.3, 0.4) is 0 Å². The molecule has 1 atom stereocenters. The van der Waals surface area contributed by atoms with E-state index >= 15 is 0 Å². The van der Waals surface area contributed by atoms with Gasteiger partial charge in [0.1, 0.15) is 5.54 Å². The number of nitrogens with one attached hydrogen (secondary N) is 1. The van der Waals surface area contributed by atoms with Crippen LogP contribution in [0.4, 0.5) is 5.69 Å². The minimum Gasteiger partial charge on any atom is -0.408 e. The van der Waals surface area contributed by atoms with Crippen LogP contribution in [0.1, 0.15) is 12.5 Å². The van der Waals surface area contributed by atoms with Crippen LogP contribution in [0.2, 0.25) is 0 Å². The normalized spacial score (nSPS) is 13.7. The van der Waals surface area contributed by atoms with Crippen molar-refractivity contribution in [1.82, 2.24) is 9.47 Å². The molecule has 1 aromatic heterocycles. The number of hydrogen-bond acceptors (Lipinski definition) is 5. The molecule has 142 valence electrons. The highest BCUT2D eigenvalue weighted by molar-refractivity contribution is 5.99. The summed E-state index contributed by atoms with van der Waals surface area (Å²) in [5, 5.41) is 2.84. The summed E-state index contributed by atoms with van der Waals surface area (Å²) < 4.78 is 6.84. The number of amides is 1. The molecule has 27 heavy (non-hydrogen) atoms. The highest BCUT2D eigenvalue weighted by atomic mass is 16.4. The Morgan fingerprint density at radius 2 is 1.93 bits per heavy atom. The molecule has 0 saturated heterocycles. The molecule has 0 bridgehead atoms. The number of carbonyl (C=O) groups excluding carboxylic acids is 1. The Morgan fingerprint density at radius 1 is 1.22 bits per heavy atom. The first-order valence-electron chi connectivity index (χ1n) is 8.73. The van der Waals surface area contributed by atoms with Gasteiger partial charge in [0.05, 0.1) is 5.52 Å². The van der Waals surface area contributed by atoms with Crippen LogP contribution < -0.4 is 16.8 Å². The van der Waals surface area contributed by atoms with Crippen molar-refractivity contribution in [2.24, 2.45) is 5.73 Å². The van der Waals surface area contributed by atoms with Gasteiger partial charge in [0, 0.05) is 18.8 Å². The Bertz CT molecular complexity index is 1000. The zero-order valence-corrected chi connectivity index (χ0v) is 15.7. The van der Waals surface area contributed by atoms with Crippen LogP contribution in [0.25, 0.3) is 11.1 Å². The summed E-state index contributed by atoms with van der Waals surface area (Å²) in [7, 11) is 3.87. The lowest BCUT2D eigenvalue weighted by Gasteiger charge is -2.24. The average molecular weight is 368 g/mol. The molecule has 1 unspecified atom stereocenters. The van der Waals surface area contributed by atoms with Crippen LogP contribution in [-0.2, 0) is 16.9 Å². The van der Waals surface area contributed by atoms with E-state index in [-0.39, 0.29) is 5.91 Å². The van der Waals surface area contributed by atoms with Gasteiger partial charge < -0.3 is 20.4 Å². The van der Waals surface area contributed by atoms with Gasteiger partial charge in [-0.2, -0.15) is 0 Å². The second-order valence-electron chi connectivity index (χ2n) is 7.03. The summed E-state index contributed by atoms with van der Waals surface area (Å²) in [6.45, 7) is 2.86. The second-order valence-corrected chi connectivity index (χ2v) is 7.03. The molecule has 7 nitrogen and oxygen atoms in total. The Morgan fingerprint density at radius 3 is 2.59 bits per heavy atom. The zero-order valence-electron chi connectivity index (χ0n) is 15.7. The predicted molar refractivity (Wildman–Crippen MR) is 106 cm³/mol. The smallest absolute Gasteiger partial charge is 0.408 e. The standard InChI is InChI=1S/C20H24N4O3/c1-20(21,14-7-5-4-6-8-14)18(25)22-15-9-10-17-16(13-15)24(19(26)27-17)12-11-23(2)3/h4-10,13H,11-12,21H2,1-3H3,(H,22,25). The molecule has 7 heteroatoms. The first-order chi connectivity index (χ1) is 12.8. The van der Waals surface area contributed by atoms with E-state index in [4.69, 9.17) is 10.2 Å². The first-order valence-corrected chi connectivity index (χ1v) is 8.73. The van der Waals surface area contributed by atoms with E-state index in [1.54, 1.807) is 29.7 Å². The van der Waals surface area contributed by atoms with Crippen molar-refractivity contribution < 1.29 is 9.21 Å². The Kier molecular flexibility index (Phi) is 5.16. The van der Waals surface area contributed by atoms with Crippen molar-refractivity contribution in [1.29, 1.82) is 0 Å². The van der Waals surface area contributed by atoms with Gasteiger partial charge >= 0.3 is 5.76 Å². The number of rotatable bonds is 6. The fourth-order valence-corrected chi connectivity index (χ4v) is 2.83. The lowest BCUT2D eigenvalue weighted by atomic mass is 9.92. The van der Waals surface area contributed by atoms with Crippen molar-refractivity contribution in [2.45, 2.75) is 19.0 Å². The van der Waals surface area contributed by atoms with Gasteiger partial charge in [0.25, 0.3) is 0 Å². The van der Waals surface area contributed by atoms with Gasteiger partial charge in [-0.1, -0.05) is 30.3 Å². The quantitative estimate of drug-likeness (QED) is 0.694. The van der Waals surface area contributed by atoms with E-state index in [1.165, 1.54) is 0 Å². The van der Waals surface area contributed by atoms with E-state index in [1.807, 2.05) is 49.3 Å². The average Bonchev–Trinajstić information content (AvgIpc) is 2.95. The molecule has 2 aromatic carbocycles. The monoisotopic (exact) mass is 368 g/mol. The summed E-state index contributed by atoms with van der Waals surface area (Å²) in [5.74, 6) is -0.748. The van der Waals surface area contributed by atoms with Crippen molar-refractivity contribution >= 4 is 22.7 Å². The molecule has 0 spiro atoms. The number of hydrogen-bond donors (Lipinski definition) is 2. The third-order valence-corrected chi connectivity index (χ3v) is 4.54. The molecule has 0 fully saturated rings. The predicted octanol–water partition coefficient (Wildman–Crippen LogP) is 1.97. The number of benzene rings is 2. The van der Waals surface area contributed by atoms with Crippen LogP contribution in [0.15, 0.2) is 57.7 Å². The van der Waals surface area contributed by atoms with Crippen LogP contribution in [-0.4, -0.2) is 36.0 Å². The van der Waals surface area contributed by atoms with Gasteiger partial charge in [0.15, 0.2) is 5.58 Å². The van der Waals surface area contributed by atoms with E-state index in [0.717, 1.165) is 5.56 Å². The van der Waals surface area contributed by atoms with Crippen molar-refractivity contribution in [2.75, 3.05) is 26.0 Å². The molecular formula is C20H24N4O3. The molecule has 0 aliphatic rings. The highest BCUT2D eigenvalue weighted by Gasteiger charge is 2.30. The second kappa shape index (κ2) is 7.38. The van der Waals surface area contributed by atoms with Crippen LogP contribution >= 0.6 is 0 Å². The van der Waals surface area contributed by atoms with E-state index < -0.39 is 11.3 Å². The number of anilines is 1. The maximum atomic E-state index is 12.7. The summed E-state index contributed by atoms with van der Waals surface area (Å²) in [5.41, 5.74) is 7.47. The number of oxazole rings is 1. The summed E-state index contributed by atoms with van der Waals surface area (Å²) in [6.07, 6.45) is 0. The molecule has 3 rings (SSSR count). The van der Waals surface area contributed by atoms with Crippen LogP contribution in [0, 0.1) is 0 Å².